The summed E-state index contributed by atoms with van der Waals surface area (Å²) in [6.07, 6.45) is 3.12. The van der Waals surface area contributed by atoms with Crippen LogP contribution in [-0.4, -0.2) is 29.7 Å². The predicted octanol–water partition coefficient (Wildman–Crippen LogP) is 3.34. The molecule has 1 rings (SSSR count). The van der Waals surface area contributed by atoms with E-state index in [-0.39, 0.29) is 11.2 Å². The van der Waals surface area contributed by atoms with Gasteiger partial charge in [0.15, 0.2) is 0 Å². The Morgan fingerprint density at radius 1 is 1.33 bits per heavy atom. The molecule has 0 radical (unpaired) electrons. The SMILES string of the molecule is CSCCCNC(=O)C(C)Sc1ccc(C)cc1. The Labute approximate surface area is 118 Å². The molecule has 1 unspecified atom stereocenters. The van der Waals surface area contributed by atoms with Crippen LogP contribution in [-0.2, 0) is 4.79 Å². The van der Waals surface area contributed by atoms with Gasteiger partial charge in [-0.25, -0.2) is 0 Å². The third-order valence-corrected chi connectivity index (χ3v) is 4.34. The van der Waals surface area contributed by atoms with Gasteiger partial charge < -0.3 is 5.32 Å². The number of carbonyl (C=O) groups excluding carboxylic acids is 1. The van der Waals surface area contributed by atoms with E-state index in [2.05, 4.69) is 42.8 Å². The molecule has 0 bridgehead atoms. The summed E-state index contributed by atoms with van der Waals surface area (Å²) in [5, 5.41) is 2.94. The number of carbonyl (C=O) groups is 1. The third-order valence-electron chi connectivity index (χ3n) is 2.53. The van der Waals surface area contributed by atoms with Crippen LogP contribution in [0.1, 0.15) is 18.9 Å². The molecule has 0 saturated carbocycles. The lowest BCUT2D eigenvalue weighted by Gasteiger charge is -2.11. The van der Waals surface area contributed by atoms with Gasteiger partial charge in [0, 0.05) is 11.4 Å². The molecule has 0 spiro atoms. The van der Waals surface area contributed by atoms with E-state index in [4.69, 9.17) is 0 Å². The van der Waals surface area contributed by atoms with Crippen molar-refractivity contribution < 1.29 is 4.79 Å². The van der Waals surface area contributed by atoms with E-state index in [9.17, 15) is 4.79 Å². The summed E-state index contributed by atoms with van der Waals surface area (Å²) in [7, 11) is 0. The van der Waals surface area contributed by atoms with E-state index >= 15 is 0 Å². The van der Waals surface area contributed by atoms with Crippen molar-refractivity contribution >= 4 is 29.4 Å². The van der Waals surface area contributed by atoms with Crippen molar-refractivity contribution in [3.63, 3.8) is 0 Å². The zero-order valence-corrected chi connectivity index (χ0v) is 12.9. The maximum Gasteiger partial charge on any atom is 0.233 e. The van der Waals surface area contributed by atoms with Crippen molar-refractivity contribution in [2.45, 2.75) is 30.4 Å². The number of amides is 1. The molecule has 100 valence electrons. The normalized spacial score (nSPS) is 12.2. The fourth-order valence-electron chi connectivity index (χ4n) is 1.45. The number of aryl methyl sites for hydroxylation is 1. The van der Waals surface area contributed by atoms with Gasteiger partial charge >= 0.3 is 0 Å². The van der Waals surface area contributed by atoms with Gasteiger partial charge in [0.2, 0.25) is 5.91 Å². The molecule has 0 heterocycles. The number of rotatable bonds is 7. The minimum Gasteiger partial charge on any atom is -0.355 e. The molecular formula is C14H21NOS2. The molecule has 0 aliphatic rings. The number of benzene rings is 1. The molecule has 2 nitrogen and oxygen atoms in total. The lowest BCUT2D eigenvalue weighted by molar-refractivity contribution is -0.120. The van der Waals surface area contributed by atoms with Crippen LogP contribution in [0.2, 0.25) is 0 Å². The van der Waals surface area contributed by atoms with Gasteiger partial charge in [0.1, 0.15) is 0 Å². The lowest BCUT2D eigenvalue weighted by atomic mass is 10.2. The molecule has 1 N–H and O–H groups in total. The van der Waals surface area contributed by atoms with Crippen molar-refractivity contribution in [1.29, 1.82) is 0 Å². The lowest BCUT2D eigenvalue weighted by Crippen LogP contribution is -2.31. The summed E-state index contributed by atoms with van der Waals surface area (Å²) in [5.41, 5.74) is 1.24. The predicted molar refractivity (Wildman–Crippen MR) is 82.5 cm³/mol. The van der Waals surface area contributed by atoms with Crippen LogP contribution in [0.4, 0.5) is 0 Å². The Hall–Kier alpha value is -0.610. The Morgan fingerprint density at radius 3 is 2.61 bits per heavy atom. The van der Waals surface area contributed by atoms with E-state index in [0.717, 1.165) is 23.6 Å². The van der Waals surface area contributed by atoms with Gasteiger partial charge in [-0.2, -0.15) is 11.8 Å². The fraction of sp³-hybridized carbons (Fsp3) is 0.500. The first-order chi connectivity index (χ1) is 8.63. The molecular weight excluding hydrogens is 262 g/mol. The zero-order valence-electron chi connectivity index (χ0n) is 11.2. The second-order valence-corrected chi connectivity index (χ2v) is 6.61. The van der Waals surface area contributed by atoms with Crippen LogP contribution in [0.15, 0.2) is 29.2 Å². The van der Waals surface area contributed by atoms with Crippen LogP contribution in [0, 0.1) is 6.92 Å². The largest absolute Gasteiger partial charge is 0.355 e. The molecule has 0 aliphatic heterocycles. The van der Waals surface area contributed by atoms with Gasteiger partial charge in [0.25, 0.3) is 0 Å². The third kappa shape index (κ3) is 5.83. The molecule has 1 aromatic rings. The highest BCUT2D eigenvalue weighted by molar-refractivity contribution is 8.00. The second kappa shape index (κ2) is 8.48. The van der Waals surface area contributed by atoms with Crippen molar-refractivity contribution in [3.05, 3.63) is 29.8 Å². The molecule has 0 saturated heterocycles. The maximum atomic E-state index is 11.8. The van der Waals surface area contributed by atoms with Crippen LogP contribution in [0.5, 0.6) is 0 Å². The van der Waals surface area contributed by atoms with Crippen molar-refractivity contribution in [2.75, 3.05) is 18.6 Å². The second-order valence-electron chi connectivity index (χ2n) is 4.21. The standard InChI is InChI=1S/C14H21NOS2/c1-11-5-7-13(8-6-11)18-12(2)14(16)15-9-4-10-17-3/h5-8,12H,4,9-10H2,1-3H3,(H,15,16). The van der Waals surface area contributed by atoms with Crippen LogP contribution >= 0.6 is 23.5 Å². The Bertz CT molecular complexity index is 365. The number of hydrogen-bond acceptors (Lipinski definition) is 3. The van der Waals surface area contributed by atoms with Crippen LogP contribution < -0.4 is 5.32 Å². The van der Waals surface area contributed by atoms with E-state index < -0.39 is 0 Å². The minimum atomic E-state index is -0.0398. The van der Waals surface area contributed by atoms with Gasteiger partial charge in [-0.05, 0) is 44.4 Å². The highest BCUT2D eigenvalue weighted by Crippen LogP contribution is 2.23. The monoisotopic (exact) mass is 283 g/mol. The summed E-state index contributed by atoms with van der Waals surface area (Å²) in [5.74, 6) is 1.22. The molecule has 0 aliphatic carbocycles. The van der Waals surface area contributed by atoms with Crippen molar-refractivity contribution in [1.82, 2.24) is 5.32 Å². The maximum absolute atomic E-state index is 11.8. The van der Waals surface area contributed by atoms with Crippen molar-refractivity contribution in [2.24, 2.45) is 0 Å². The summed E-state index contributed by atoms with van der Waals surface area (Å²) in [6.45, 7) is 4.79. The first-order valence-electron chi connectivity index (χ1n) is 6.13. The number of nitrogens with one attached hydrogen (secondary N) is 1. The van der Waals surface area contributed by atoms with Crippen molar-refractivity contribution in [3.8, 4) is 0 Å². The molecule has 0 fully saturated rings. The smallest absolute Gasteiger partial charge is 0.233 e. The van der Waals surface area contributed by atoms with Gasteiger partial charge in [-0.1, -0.05) is 17.7 Å². The summed E-state index contributed by atoms with van der Waals surface area (Å²) in [6, 6.07) is 8.28. The zero-order chi connectivity index (χ0) is 13.4. The quantitative estimate of drug-likeness (QED) is 0.614. The van der Waals surface area contributed by atoms with Gasteiger partial charge in [-0.3, -0.25) is 4.79 Å². The molecule has 4 heteroatoms. The average molecular weight is 283 g/mol. The van der Waals surface area contributed by atoms with E-state index in [1.807, 2.05) is 18.7 Å². The highest BCUT2D eigenvalue weighted by Gasteiger charge is 2.13. The van der Waals surface area contributed by atoms with Gasteiger partial charge in [-0.15, -0.1) is 11.8 Å². The number of thioether (sulfide) groups is 2. The average Bonchev–Trinajstić information content (AvgIpc) is 2.37. The first kappa shape index (κ1) is 15.4. The minimum absolute atomic E-state index is 0.0398. The molecule has 1 amide bonds. The summed E-state index contributed by atoms with van der Waals surface area (Å²) >= 11 is 3.42. The highest BCUT2D eigenvalue weighted by atomic mass is 32.2. The van der Waals surface area contributed by atoms with Crippen LogP contribution in [0.3, 0.4) is 0 Å². The van der Waals surface area contributed by atoms with Gasteiger partial charge in [0.05, 0.1) is 5.25 Å². The Kier molecular flexibility index (Phi) is 7.28. The molecule has 1 atom stereocenters. The van der Waals surface area contributed by atoms with Crippen LogP contribution in [0.25, 0.3) is 0 Å². The molecule has 18 heavy (non-hydrogen) atoms. The van der Waals surface area contributed by atoms with E-state index in [0.29, 0.717) is 0 Å². The summed E-state index contributed by atoms with van der Waals surface area (Å²) in [4.78, 5) is 13.0. The molecule has 0 aromatic heterocycles. The first-order valence-corrected chi connectivity index (χ1v) is 8.41. The number of hydrogen-bond donors (Lipinski definition) is 1. The molecule has 1 aromatic carbocycles. The topological polar surface area (TPSA) is 29.1 Å². The van der Waals surface area contributed by atoms with E-state index in [1.165, 1.54) is 5.56 Å². The summed E-state index contributed by atoms with van der Waals surface area (Å²) < 4.78 is 0. The Balaban J connectivity index is 2.33. The fourth-order valence-corrected chi connectivity index (χ4v) is 2.77. The Morgan fingerprint density at radius 2 is 2.00 bits per heavy atom. The van der Waals surface area contributed by atoms with E-state index in [1.54, 1.807) is 11.8 Å².